The molecule has 2 aromatic heterocycles. The van der Waals surface area contributed by atoms with Crippen LogP contribution in [-0.2, 0) is 13.2 Å². The third kappa shape index (κ3) is 5.35. The summed E-state index contributed by atoms with van der Waals surface area (Å²) >= 11 is 0. The van der Waals surface area contributed by atoms with Gasteiger partial charge in [-0.05, 0) is 62.2 Å². The minimum atomic E-state index is -0.484. The number of ether oxygens (including phenoxy) is 1. The standard InChI is InChI=1S/C26H26N4O4/c1-4-30-15-21(24(29-30)26(32)27-19-8-6-5-7-9-19)28-25(31)22-13-12-20(34-22)16-33-23-14-17(2)10-11-18(23)3/h5-15H,4,16H2,1-3H3,(H,27,32)(H,28,31). The number of anilines is 2. The molecule has 2 heterocycles. The Bertz CT molecular complexity index is 1310. The summed E-state index contributed by atoms with van der Waals surface area (Å²) in [5.41, 5.74) is 3.16. The van der Waals surface area contributed by atoms with Gasteiger partial charge in [-0.3, -0.25) is 14.3 Å². The van der Waals surface area contributed by atoms with Gasteiger partial charge in [0.05, 0.1) is 5.69 Å². The van der Waals surface area contributed by atoms with Gasteiger partial charge in [0.15, 0.2) is 11.5 Å². The molecule has 8 nitrogen and oxygen atoms in total. The zero-order valence-electron chi connectivity index (χ0n) is 19.3. The van der Waals surface area contributed by atoms with Crippen molar-refractivity contribution in [3.63, 3.8) is 0 Å². The molecule has 0 saturated heterocycles. The fourth-order valence-electron chi connectivity index (χ4n) is 3.33. The van der Waals surface area contributed by atoms with Crippen molar-refractivity contribution in [2.45, 2.75) is 33.9 Å². The lowest BCUT2D eigenvalue weighted by Crippen LogP contribution is -2.17. The number of nitrogens with zero attached hydrogens (tertiary/aromatic N) is 2. The molecule has 0 fully saturated rings. The Hall–Kier alpha value is -4.33. The summed E-state index contributed by atoms with van der Waals surface area (Å²) in [6, 6.07) is 18.3. The maximum Gasteiger partial charge on any atom is 0.291 e. The third-order valence-electron chi connectivity index (χ3n) is 5.18. The molecule has 0 aliphatic rings. The molecule has 0 spiro atoms. The Morgan fingerprint density at radius 2 is 1.79 bits per heavy atom. The molecule has 0 radical (unpaired) electrons. The SMILES string of the molecule is CCn1cc(NC(=O)c2ccc(COc3cc(C)ccc3C)o2)c(C(=O)Nc2ccccc2)n1. The highest BCUT2D eigenvalue weighted by atomic mass is 16.5. The fraction of sp³-hybridized carbons (Fsp3) is 0.192. The summed E-state index contributed by atoms with van der Waals surface area (Å²) in [6.07, 6.45) is 1.62. The average molecular weight is 459 g/mol. The van der Waals surface area contributed by atoms with Crippen molar-refractivity contribution in [1.29, 1.82) is 0 Å². The number of hydrogen-bond acceptors (Lipinski definition) is 5. The smallest absolute Gasteiger partial charge is 0.291 e. The van der Waals surface area contributed by atoms with Crippen molar-refractivity contribution in [3.8, 4) is 5.75 Å². The van der Waals surface area contributed by atoms with Gasteiger partial charge in [0.25, 0.3) is 11.8 Å². The molecular formula is C26H26N4O4. The third-order valence-corrected chi connectivity index (χ3v) is 5.18. The molecular weight excluding hydrogens is 432 g/mol. The molecule has 4 rings (SSSR count). The van der Waals surface area contributed by atoms with E-state index in [9.17, 15) is 9.59 Å². The number of amides is 2. The second-order valence-corrected chi connectivity index (χ2v) is 7.84. The van der Waals surface area contributed by atoms with Gasteiger partial charge < -0.3 is 19.8 Å². The van der Waals surface area contributed by atoms with Crippen LogP contribution in [-0.4, -0.2) is 21.6 Å². The first-order chi connectivity index (χ1) is 16.4. The van der Waals surface area contributed by atoms with Crippen LogP contribution >= 0.6 is 0 Å². The second kappa shape index (κ2) is 10.1. The summed E-state index contributed by atoms with van der Waals surface area (Å²) in [4.78, 5) is 25.6. The highest BCUT2D eigenvalue weighted by Gasteiger charge is 2.21. The minimum absolute atomic E-state index is 0.109. The molecule has 0 unspecified atom stereocenters. The molecule has 174 valence electrons. The highest BCUT2D eigenvalue weighted by molar-refractivity contribution is 6.10. The maximum atomic E-state index is 12.8. The van der Waals surface area contributed by atoms with Crippen LogP contribution in [0.15, 0.2) is 71.3 Å². The summed E-state index contributed by atoms with van der Waals surface area (Å²) < 4.78 is 13.1. The number of nitrogens with one attached hydrogen (secondary N) is 2. The molecule has 2 aromatic carbocycles. The van der Waals surface area contributed by atoms with Crippen LogP contribution in [0.1, 0.15) is 44.9 Å². The largest absolute Gasteiger partial charge is 0.485 e. The Labute approximate surface area is 197 Å². The first kappa shape index (κ1) is 22.8. The first-order valence-electron chi connectivity index (χ1n) is 11.0. The van der Waals surface area contributed by atoms with Crippen molar-refractivity contribution in [3.05, 3.63) is 95.2 Å². The Morgan fingerprint density at radius 3 is 2.56 bits per heavy atom. The molecule has 8 heteroatoms. The number of para-hydroxylation sites is 1. The summed E-state index contributed by atoms with van der Waals surface area (Å²) in [6.45, 7) is 6.60. The molecule has 34 heavy (non-hydrogen) atoms. The molecule has 2 N–H and O–H groups in total. The van der Waals surface area contributed by atoms with Crippen LogP contribution in [0.5, 0.6) is 5.75 Å². The monoisotopic (exact) mass is 458 g/mol. The molecule has 4 aromatic rings. The second-order valence-electron chi connectivity index (χ2n) is 7.84. The van der Waals surface area contributed by atoms with Gasteiger partial charge in [0, 0.05) is 18.4 Å². The van der Waals surface area contributed by atoms with Crippen LogP contribution in [0.4, 0.5) is 11.4 Å². The number of hydrogen-bond donors (Lipinski definition) is 2. The van der Waals surface area contributed by atoms with Crippen molar-refractivity contribution in [2.75, 3.05) is 10.6 Å². The van der Waals surface area contributed by atoms with E-state index in [-0.39, 0.29) is 18.1 Å². The number of benzene rings is 2. The highest BCUT2D eigenvalue weighted by Crippen LogP contribution is 2.22. The number of carbonyl (C=O) groups is 2. The van der Waals surface area contributed by atoms with E-state index in [0.717, 1.165) is 16.9 Å². The van der Waals surface area contributed by atoms with Crippen molar-refractivity contribution in [1.82, 2.24) is 9.78 Å². The van der Waals surface area contributed by atoms with Gasteiger partial charge in [-0.25, -0.2) is 0 Å². The van der Waals surface area contributed by atoms with E-state index >= 15 is 0 Å². The van der Waals surface area contributed by atoms with Crippen LogP contribution in [0.3, 0.4) is 0 Å². The number of aryl methyl sites for hydroxylation is 3. The van der Waals surface area contributed by atoms with E-state index in [4.69, 9.17) is 9.15 Å². The molecule has 2 amide bonds. The van der Waals surface area contributed by atoms with Crippen molar-refractivity contribution >= 4 is 23.2 Å². The van der Waals surface area contributed by atoms with Crippen LogP contribution in [0.2, 0.25) is 0 Å². The van der Waals surface area contributed by atoms with E-state index in [0.29, 0.717) is 23.7 Å². The van der Waals surface area contributed by atoms with Gasteiger partial charge in [-0.1, -0.05) is 30.3 Å². The lowest BCUT2D eigenvalue weighted by Gasteiger charge is -2.08. The molecule has 0 saturated carbocycles. The molecule has 0 aliphatic heterocycles. The van der Waals surface area contributed by atoms with Crippen LogP contribution in [0.25, 0.3) is 0 Å². The topological polar surface area (TPSA) is 98.4 Å². The first-order valence-corrected chi connectivity index (χ1v) is 11.0. The van der Waals surface area contributed by atoms with Gasteiger partial charge in [0.1, 0.15) is 18.1 Å². The predicted molar refractivity (Wildman–Crippen MR) is 129 cm³/mol. The quantitative estimate of drug-likeness (QED) is 0.378. The number of aromatic nitrogens is 2. The van der Waals surface area contributed by atoms with Crippen LogP contribution < -0.4 is 15.4 Å². The summed E-state index contributed by atoms with van der Waals surface area (Å²) in [7, 11) is 0. The molecule has 0 bridgehead atoms. The number of carbonyl (C=O) groups excluding carboxylic acids is 2. The molecule has 0 aliphatic carbocycles. The van der Waals surface area contributed by atoms with E-state index in [1.165, 1.54) is 0 Å². The lowest BCUT2D eigenvalue weighted by atomic mass is 10.1. The Kier molecular flexibility index (Phi) is 6.77. The van der Waals surface area contributed by atoms with Crippen molar-refractivity contribution < 1.29 is 18.7 Å². The zero-order chi connectivity index (χ0) is 24.1. The molecule has 0 atom stereocenters. The Morgan fingerprint density at radius 1 is 1.00 bits per heavy atom. The minimum Gasteiger partial charge on any atom is -0.485 e. The van der Waals surface area contributed by atoms with Crippen LogP contribution in [0, 0.1) is 13.8 Å². The van der Waals surface area contributed by atoms with Crippen molar-refractivity contribution in [2.24, 2.45) is 0 Å². The summed E-state index contributed by atoms with van der Waals surface area (Å²) in [5, 5.41) is 9.82. The fourth-order valence-corrected chi connectivity index (χ4v) is 3.33. The van der Waals surface area contributed by atoms with Gasteiger partial charge in [-0.15, -0.1) is 0 Å². The van der Waals surface area contributed by atoms with Gasteiger partial charge >= 0.3 is 0 Å². The number of furan rings is 1. The van der Waals surface area contributed by atoms with E-state index in [1.54, 1.807) is 35.1 Å². The van der Waals surface area contributed by atoms with Gasteiger partial charge in [-0.2, -0.15) is 5.10 Å². The van der Waals surface area contributed by atoms with Gasteiger partial charge in [0.2, 0.25) is 0 Å². The average Bonchev–Trinajstić information content (AvgIpc) is 3.47. The predicted octanol–water partition coefficient (Wildman–Crippen LogP) is 5.20. The summed E-state index contributed by atoms with van der Waals surface area (Å²) in [5.74, 6) is 0.484. The van der Waals surface area contributed by atoms with E-state index < -0.39 is 11.8 Å². The maximum absolute atomic E-state index is 12.8. The van der Waals surface area contributed by atoms with E-state index in [2.05, 4.69) is 15.7 Å². The lowest BCUT2D eigenvalue weighted by molar-refractivity contribution is 0.0992. The normalized spacial score (nSPS) is 10.7. The zero-order valence-corrected chi connectivity index (χ0v) is 19.3. The number of rotatable bonds is 8. The van der Waals surface area contributed by atoms with E-state index in [1.807, 2.05) is 57.2 Å². The Balaban J connectivity index is 1.44.